The number of rotatable bonds is 4. The second kappa shape index (κ2) is 7.00. The van der Waals surface area contributed by atoms with E-state index in [1.54, 1.807) is 0 Å². The second-order valence-corrected chi connectivity index (χ2v) is 5.65. The van der Waals surface area contributed by atoms with Crippen molar-refractivity contribution < 1.29 is 4.79 Å². The summed E-state index contributed by atoms with van der Waals surface area (Å²) in [5.74, 6) is 1.10. The van der Waals surface area contributed by atoms with Crippen molar-refractivity contribution in [1.82, 2.24) is 10.6 Å². The lowest BCUT2D eigenvalue weighted by atomic mass is 10.0. The molecule has 2 N–H and O–H groups in total. The van der Waals surface area contributed by atoms with Crippen molar-refractivity contribution in [2.75, 3.05) is 13.1 Å². The lowest BCUT2D eigenvalue weighted by Gasteiger charge is -2.17. The van der Waals surface area contributed by atoms with Gasteiger partial charge in [0.1, 0.15) is 0 Å². The summed E-state index contributed by atoms with van der Waals surface area (Å²) in [6.07, 6.45) is 10.9. The van der Waals surface area contributed by atoms with Gasteiger partial charge in [-0.15, -0.1) is 0 Å². The van der Waals surface area contributed by atoms with Crippen LogP contribution in [-0.2, 0) is 4.79 Å². The Morgan fingerprint density at radius 1 is 1.12 bits per heavy atom. The summed E-state index contributed by atoms with van der Waals surface area (Å²) >= 11 is 0. The Labute approximate surface area is 105 Å². The summed E-state index contributed by atoms with van der Waals surface area (Å²) in [6.45, 7) is 2.06. The summed E-state index contributed by atoms with van der Waals surface area (Å²) in [4.78, 5) is 11.8. The fourth-order valence-corrected chi connectivity index (χ4v) is 3.08. The number of amides is 1. The Kier molecular flexibility index (Phi) is 5.30. The number of carbonyl (C=O) groups is 1. The van der Waals surface area contributed by atoms with Gasteiger partial charge in [-0.1, -0.05) is 32.1 Å². The molecule has 0 aromatic carbocycles. The molecule has 1 saturated carbocycles. The first-order valence-electron chi connectivity index (χ1n) is 7.34. The van der Waals surface area contributed by atoms with E-state index in [4.69, 9.17) is 0 Å². The number of nitrogens with one attached hydrogen (secondary N) is 2. The second-order valence-electron chi connectivity index (χ2n) is 5.65. The third kappa shape index (κ3) is 4.66. The van der Waals surface area contributed by atoms with Crippen LogP contribution in [0.25, 0.3) is 0 Å². The van der Waals surface area contributed by atoms with Crippen molar-refractivity contribution >= 4 is 5.91 Å². The summed E-state index contributed by atoms with van der Waals surface area (Å²) in [7, 11) is 0. The zero-order valence-corrected chi connectivity index (χ0v) is 10.8. The van der Waals surface area contributed by atoms with Gasteiger partial charge in [0.15, 0.2) is 0 Å². The molecule has 0 aromatic heterocycles. The standard InChI is InChI=1S/C14H26N2O/c17-14(9-8-12-5-1-2-6-12)16-13-7-3-4-10-15-11-13/h12-13,15H,1-11H2,(H,16,17). The smallest absolute Gasteiger partial charge is 0.220 e. The van der Waals surface area contributed by atoms with Gasteiger partial charge < -0.3 is 10.6 Å². The van der Waals surface area contributed by atoms with Crippen LogP contribution in [0.15, 0.2) is 0 Å². The first-order valence-corrected chi connectivity index (χ1v) is 7.34. The van der Waals surface area contributed by atoms with Gasteiger partial charge in [-0.2, -0.15) is 0 Å². The van der Waals surface area contributed by atoms with Crippen molar-refractivity contribution in [2.24, 2.45) is 5.92 Å². The highest BCUT2D eigenvalue weighted by Gasteiger charge is 2.18. The zero-order valence-electron chi connectivity index (χ0n) is 10.8. The van der Waals surface area contributed by atoms with Crippen LogP contribution >= 0.6 is 0 Å². The van der Waals surface area contributed by atoms with E-state index < -0.39 is 0 Å². The van der Waals surface area contributed by atoms with Gasteiger partial charge in [0.2, 0.25) is 5.91 Å². The molecule has 1 unspecified atom stereocenters. The van der Waals surface area contributed by atoms with E-state index in [2.05, 4.69) is 10.6 Å². The van der Waals surface area contributed by atoms with Crippen molar-refractivity contribution in [1.29, 1.82) is 0 Å². The van der Waals surface area contributed by atoms with Gasteiger partial charge in [-0.3, -0.25) is 4.79 Å². The van der Waals surface area contributed by atoms with Gasteiger partial charge >= 0.3 is 0 Å². The normalized spacial score (nSPS) is 26.7. The van der Waals surface area contributed by atoms with E-state index in [9.17, 15) is 4.79 Å². The van der Waals surface area contributed by atoms with Crippen LogP contribution in [0.5, 0.6) is 0 Å². The summed E-state index contributed by atoms with van der Waals surface area (Å²) in [5, 5.41) is 6.57. The average molecular weight is 238 g/mol. The summed E-state index contributed by atoms with van der Waals surface area (Å²) in [6, 6.07) is 0.369. The molecule has 1 amide bonds. The van der Waals surface area contributed by atoms with E-state index >= 15 is 0 Å². The number of carbonyl (C=O) groups excluding carboxylic acids is 1. The van der Waals surface area contributed by atoms with Crippen LogP contribution in [0.2, 0.25) is 0 Å². The fraction of sp³-hybridized carbons (Fsp3) is 0.929. The largest absolute Gasteiger partial charge is 0.352 e. The summed E-state index contributed by atoms with van der Waals surface area (Å²) < 4.78 is 0. The molecule has 1 atom stereocenters. The monoisotopic (exact) mass is 238 g/mol. The molecule has 1 heterocycles. The molecule has 1 saturated heterocycles. The molecule has 2 rings (SSSR count). The van der Waals surface area contributed by atoms with Gasteiger partial charge in [-0.25, -0.2) is 0 Å². The lowest BCUT2D eigenvalue weighted by molar-refractivity contribution is -0.122. The van der Waals surface area contributed by atoms with Crippen LogP contribution in [0.4, 0.5) is 0 Å². The molecule has 17 heavy (non-hydrogen) atoms. The maximum Gasteiger partial charge on any atom is 0.220 e. The van der Waals surface area contributed by atoms with Crippen molar-refractivity contribution in [2.45, 2.75) is 63.8 Å². The predicted octanol–water partition coefficient (Wildman–Crippen LogP) is 2.22. The number of hydrogen-bond donors (Lipinski definition) is 2. The first kappa shape index (κ1) is 12.9. The van der Waals surface area contributed by atoms with Crippen LogP contribution in [-0.4, -0.2) is 25.0 Å². The first-order chi connectivity index (χ1) is 8.34. The Morgan fingerprint density at radius 3 is 2.71 bits per heavy atom. The van der Waals surface area contributed by atoms with E-state index in [1.807, 2.05) is 0 Å². The lowest BCUT2D eigenvalue weighted by Crippen LogP contribution is -2.40. The van der Waals surface area contributed by atoms with Crippen molar-refractivity contribution in [3.8, 4) is 0 Å². The highest BCUT2D eigenvalue weighted by molar-refractivity contribution is 5.76. The fourth-order valence-electron chi connectivity index (χ4n) is 3.08. The average Bonchev–Trinajstić information content (AvgIpc) is 2.72. The molecular formula is C14H26N2O. The quantitative estimate of drug-likeness (QED) is 0.788. The minimum absolute atomic E-state index is 0.269. The summed E-state index contributed by atoms with van der Waals surface area (Å²) in [5.41, 5.74) is 0. The maximum atomic E-state index is 11.8. The minimum atomic E-state index is 0.269. The highest BCUT2D eigenvalue weighted by Crippen LogP contribution is 2.28. The molecule has 2 fully saturated rings. The Balaban J connectivity index is 1.61. The van der Waals surface area contributed by atoms with Gasteiger partial charge in [-0.05, 0) is 31.7 Å². The molecule has 1 aliphatic heterocycles. The van der Waals surface area contributed by atoms with Gasteiger partial charge in [0.05, 0.1) is 0 Å². The van der Waals surface area contributed by atoms with Crippen molar-refractivity contribution in [3.05, 3.63) is 0 Å². The molecule has 0 bridgehead atoms. The number of hydrogen-bond acceptors (Lipinski definition) is 2. The van der Waals surface area contributed by atoms with Crippen LogP contribution < -0.4 is 10.6 Å². The van der Waals surface area contributed by atoms with E-state index in [0.29, 0.717) is 6.04 Å². The van der Waals surface area contributed by atoms with Crippen LogP contribution in [0.1, 0.15) is 57.8 Å². The molecular weight excluding hydrogens is 212 g/mol. The third-order valence-corrected chi connectivity index (χ3v) is 4.17. The van der Waals surface area contributed by atoms with Gasteiger partial charge in [0.25, 0.3) is 0 Å². The van der Waals surface area contributed by atoms with Crippen LogP contribution in [0, 0.1) is 5.92 Å². The topological polar surface area (TPSA) is 41.1 Å². The molecule has 3 heteroatoms. The molecule has 3 nitrogen and oxygen atoms in total. The molecule has 0 aromatic rings. The van der Waals surface area contributed by atoms with Crippen molar-refractivity contribution in [3.63, 3.8) is 0 Å². The minimum Gasteiger partial charge on any atom is -0.352 e. The third-order valence-electron chi connectivity index (χ3n) is 4.17. The zero-order chi connectivity index (χ0) is 11.9. The SMILES string of the molecule is O=C(CCC1CCCC1)NC1CCCCNC1. The predicted molar refractivity (Wildman–Crippen MR) is 69.8 cm³/mol. The molecule has 98 valence electrons. The molecule has 1 aliphatic carbocycles. The molecule has 0 spiro atoms. The maximum absolute atomic E-state index is 11.8. The highest BCUT2D eigenvalue weighted by atomic mass is 16.1. The molecule has 2 aliphatic rings. The van der Waals surface area contributed by atoms with Crippen LogP contribution in [0.3, 0.4) is 0 Å². The van der Waals surface area contributed by atoms with Gasteiger partial charge in [0, 0.05) is 19.0 Å². The molecule has 0 radical (unpaired) electrons. The Morgan fingerprint density at radius 2 is 1.88 bits per heavy atom. The Bertz CT molecular complexity index is 228. The van der Waals surface area contributed by atoms with E-state index in [1.165, 1.54) is 38.5 Å². The Hall–Kier alpha value is -0.570. The van der Waals surface area contributed by atoms with E-state index in [0.717, 1.165) is 38.3 Å². The van der Waals surface area contributed by atoms with E-state index in [-0.39, 0.29) is 5.91 Å².